The lowest BCUT2D eigenvalue weighted by Crippen LogP contribution is -2.40. The second-order valence-electron chi connectivity index (χ2n) is 6.24. The fourth-order valence-electron chi connectivity index (χ4n) is 2.14. The molecule has 0 rings (SSSR count). The Morgan fingerprint density at radius 1 is 1.32 bits per heavy atom. The molecule has 1 atom stereocenters. The van der Waals surface area contributed by atoms with E-state index in [1.807, 2.05) is 11.9 Å². The molecule has 0 spiro atoms. The number of hydrogen-bond acceptors (Lipinski definition) is 2. The zero-order valence-corrected chi connectivity index (χ0v) is 14.2. The highest BCUT2D eigenvalue weighted by Crippen LogP contribution is 2.19. The molecule has 0 saturated carbocycles. The Bertz CT molecular complexity index is 244. The molecule has 19 heavy (non-hydrogen) atoms. The summed E-state index contributed by atoms with van der Waals surface area (Å²) in [7, 11) is 1.90. The van der Waals surface area contributed by atoms with Crippen molar-refractivity contribution in [1.82, 2.24) is 4.90 Å². The molecule has 0 aromatic rings. The Balaban J connectivity index is 0. The maximum Gasteiger partial charge on any atom is 0.222 e. The largest absolute Gasteiger partial charge is 0.345 e. The third-order valence-corrected chi connectivity index (χ3v) is 3.65. The van der Waals surface area contributed by atoms with Crippen molar-refractivity contribution in [2.24, 2.45) is 17.1 Å². The molecule has 0 fully saturated rings. The fourth-order valence-corrected chi connectivity index (χ4v) is 2.14. The number of halogens is 1. The van der Waals surface area contributed by atoms with Gasteiger partial charge in [-0.25, -0.2) is 0 Å². The standard InChI is InChI=1S/C15H32N2O.ClH/c1-6-8-9-13(7-2)10-14(18)17(5)12-15(3,4)11-16;/h13H,6-12,16H2,1-5H3;1H. The topological polar surface area (TPSA) is 46.3 Å². The van der Waals surface area contributed by atoms with Crippen LogP contribution in [0.2, 0.25) is 0 Å². The van der Waals surface area contributed by atoms with Crippen LogP contribution in [0.3, 0.4) is 0 Å². The smallest absolute Gasteiger partial charge is 0.222 e. The van der Waals surface area contributed by atoms with Crippen LogP contribution >= 0.6 is 12.4 Å². The summed E-state index contributed by atoms with van der Waals surface area (Å²) in [4.78, 5) is 14.0. The number of hydrogen-bond donors (Lipinski definition) is 1. The van der Waals surface area contributed by atoms with Crippen LogP contribution < -0.4 is 5.73 Å². The van der Waals surface area contributed by atoms with Crippen LogP contribution in [0, 0.1) is 11.3 Å². The van der Waals surface area contributed by atoms with Crippen molar-refractivity contribution in [3.8, 4) is 0 Å². The summed E-state index contributed by atoms with van der Waals surface area (Å²) in [6.45, 7) is 9.93. The van der Waals surface area contributed by atoms with E-state index < -0.39 is 0 Å². The molecule has 1 amide bonds. The van der Waals surface area contributed by atoms with Crippen LogP contribution in [0.25, 0.3) is 0 Å². The van der Waals surface area contributed by atoms with Crippen molar-refractivity contribution in [1.29, 1.82) is 0 Å². The van der Waals surface area contributed by atoms with E-state index in [0.29, 0.717) is 18.9 Å². The molecule has 0 aromatic heterocycles. The summed E-state index contributed by atoms with van der Waals surface area (Å²) in [5, 5.41) is 0. The van der Waals surface area contributed by atoms with Crippen molar-refractivity contribution in [3.63, 3.8) is 0 Å². The van der Waals surface area contributed by atoms with E-state index in [1.165, 1.54) is 19.3 Å². The van der Waals surface area contributed by atoms with E-state index in [1.54, 1.807) is 0 Å². The third kappa shape index (κ3) is 9.28. The molecule has 0 radical (unpaired) electrons. The minimum atomic E-state index is 0. The Morgan fingerprint density at radius 3 is 2.32 bits per heavy atom. The van der Waals surface area contributed by atoms with Crippen LogP contribution in [0.5, 0.6) is 0 Å². The molecule has 0 aliphatic rings. The molecule has 4 heteroatoms. The minimum Gasteiger partial charge on any atom is -0.345 e. The molecule has 0 aliphatic carbocycles. The monoisotopic (exact) mass is 292 g/mol. The van der Waals surface area contributed by atoms with Gasteiger partial charge < -0.3 is 10.6 Å². The number of amides is 1. The van der Waals surface area contributed by atoms with E-state index in [-0.39, 0.29) is 23.7 Å². The highest BCUT2D eigenvalue weighted by Gasteiger charge is 2.22. The molecule has 0 aliphatic heterocycles. The van der Waals surface area contributed by atoms with E-state index in [0.717, 1.165) is 13.0 Å². The highest BCUT2D eigenvalue weighted by molar-refractivity contribution is 5.85. The summed E-state index contributed by atoms with van der Waals surface area (Å²) >= 11 is 0. The van der Waals surface area contributed by atoms with E-state index in [9.17, 15) is 4.79 Å². The highest BCUT2D eigenvalue weighted by atomic mass is 35.5. The van der Waals surface area contributed by atoms with Crippen LogP contribution in [0.4, 0.5) is 0 Å². The number of rotatable bonds is 9. The molecular weight excluding hydrogens is 260 g/mol. The number of nitrogens with two attached hydrogens (primary N) is 1. The van der Waals surface area contributed by atoms with Crippen LogP contribution in [-0.4, -0.2) is 30.9 Å². The normalized spacial score (nSPS) is 12.7. The van der Waals surface area contributed by atoms with Gasteiger partial charge in [-0.2, -0.15) is 0 Å². The van der Waals surface area contributed by atoms with Gasteiger partial charge in [0.25, 0.3) is 0 Å². The van der Waals surface area contributed by atoms with Crippen LogP contribution in [0.15, 0.2) is 0 Å². The maximum atomic E-state index is 12.2. The van der Waals surface area contributed by atoms with Crippen molar-refractivity contribution < 1.29 is 4.79 Å². The van der Waals surface area contributed by atoms with Gasteiger partial charge in [0.05, 0.1) is 0 Å². The second-order valence-corrected chi connectivity index (χ2v) is 6.24. The third-order valence-electron chi connectivity index (χ3n) is 3.65. The minimum absolute atomic E-state index is 0. The van der Waals surface area contributed by atoms with Gasteiger partial charge in [0.15, 0.2) is 0 Å². The van der Waals surface area contributed by atoms with Gasteiger partial charge in [-0.15, -0.1) is 12.4 Å². The summed E-state index contributed by atoms with van der Waals surface area (Å²) in [5.41, 5.74) is 5.72. The Morgan fingerprint density at radius 2 is 1.89 bits per heavy atom. The number of unbranched alkanes of at least 4 members (excludes halogenated alkanes) is 1. The van der Waals surface area contributed by atoms with Gasteiger partial charge in [-0.05, 0) is 24.3 Å². The van der Waals surface area contributed by atoms with E-state index >= 15 is 0 Å². The molecule has 3 nitrogen and oxygen atoms in total. The first kappa shape index (κ1) is 21.0. The van der Waals surface area contributed by atoms with Gasteiger partial charge >= 0.3 is 0 Å². The summed E-state index contributed by atoms with van der Waals surface area (Å²) < 4.78 is 0. The van der Waals surface area contributed by atoms with Gasteiger partial charge in [-0.3, -0.25) is 4.79 Å². The van der Waals surface area contributed by atoms with Gasteiger partial charge in [-0.1, -0.05) is 47.0 Å². The Labute approximate surface area is 125 Å². The van der Waals surface area contributed by atoms with E-state index in [4.69, 9.17) is 5.73 Å². The predicted molar refractivity (Wildman–Crippen MR) is 85.6 cm³/mol. The van der Waals surface area contributed by atoms with Crippen molar-refractivity contribution in [3.05, 3.63) is 0 Å². The zero-order valence-electron chi connectivity index (χ0n) is 13.4. The van der Waals surface area contributed by atoms with Crippen molar-refractivity contribution in [2.45, 2.75) is 59.8 Å². The number of nitrogens with zero attached hydrogens (tertiary/aromatic N) is 1. The van der Waals surface area contributed by atoms with Crippen molar-refractivity contribution >= 4 is 18.3 Å². The SMILES string of the molecule is CCCCC(CC)CC(=O)N(C)CC(C)(C)CN.Cl. The Kier molecular flexibility index (Phi) is 11.6. The molecule has 0 aromatic carbocycles. The van der Waals surface area contributed by atoms with Gasteiger partial charge in [0.2, 0.25) is 5.91 Å². The first-order valence-electron chi connectivity index (χ1n) is 7.30. The lowest BCUT2D eigenvalue weighted by Gasteiger charge is -2.30. The lowest BCUT2D eigenvalue weighted by atomic mass is 9.92. The summed E-state index contributed by atoms with van der Waals surface area (Å²) in [6, 6.07) is 0. The predicted octanol–water partition coefficient (Wildman–Crippen LogP) is 3.46. The molecule has 0 bridgehead atoms. The van der Waals surface area contributed by atoms with Crippen molar-refractivity contribution in [2.75, 3.05) is 20.1 Å². The molecule has 1 unspecified atom stereocenters. The summed E-state index contributed by atoms with van der Waals surface area (Å²) in [5.74, 6) is 0.806. The maximum absolute atomic E-state index is 12.2. The molecule has 0 heterocycles. The average Bonchev–Trinajstić information content (AvgIpc) is 2.33. The second kappa shape index (κ2) is 10.5. The fraction of sp³-hybridized carbons (Fsp3) is 0.933. The lowest BCUT2D eigenvalue weighted by molar-refractivity contribution is -0.132. The quantitative estimate of drug-likeness (QED) is 0.707. The molecular formula is C15H33ClN2O. The zero-order chi connectivity index (χ0) is 14.2. The number of carbonyl (C=O) groups excluding carboxylic acids is 1. The van der Waals surface area contributed by atoms with Crippen LogP contribution in [-0.2, 0) is 4.79 Å². The first-order chi connectivity index (χ1) is 8.36. The van der Waals surface area contributed by atoms with Gasteiger partial charge in [0.1, 0.15) is 0 Å². The van der Waals surface area contributed by atoms with Gasteiger partial charge in [0, 0.05) is 20.0 Å². The summed E-state index contributed by atoms with van der Waals surface area (Å²) in [6.07, 6.45) is 5.39. The molecule has 2 N–H and O–H groups in total. The number of carbonyl (C=O) groups is 1. The first-order valence-corrected chi connectivity index (χ1v) is 7.30. The van der Waals surface area contributed by atoms with Crippen LogP contribution in [0.1, 0.15) is 59.8 Å². The molecule has 116 valence electrons. The Hall–Kier alpha value is -0.280. The van der Waals surface area contributed by atoms with E-state index in [2.05, 4.69) is 27.7 Å². The molecule has 0 saturated heterocycles. The average molecular weight is 293 g/mol.